The fourth-order valence-corrected chi connectivity index (χ4v) is 3.76. The summed E-state index contributed by atoms with van der Waals surface area (Å²) in [5.41, 5.74) is 1.02. The Morgan fingerprint density at radius 3 is 2.08 bits per heavy atom. The predicted octanol–water partition coefficient (Wildman–Crippen LogP) is 5.99. The Hall–Kier alpha value is -3.35. The van der Waals surface area contributed by atoms with Gasteiger partial charge in [0.15, 0.2) is 0 Å². The van der Waals surface area contributed by atoms with E-state index in [0.717, 1.165) is 30.4 Å². The number of hydrogen-bond acceptors (Lipinski definition) is 6. The van der Waals surface area contributed by atoms with E-state index in [9.17, 15) is 14.4 Å². The second-order valence-corrected chi connectivity index (χ2v) is 10.3. The maximum Gasteiger partial charge on any atom is 0.408 e. The van der Waals surface area contributed by atoms with Crippen LogP contribution in [-0.2, 0) is 36.8 Å². The van der Waals surface area contributed by atoms with Crippen LogP contribution >= 0.6 is 0 Å². The lowest BCUT2D eigenvalue weighted by atomic mass is 9.95. The van der Waals surface area contributed by atoms with E-state index in [4.69, 9.17) is 14.2 Å². The first kappa shape index (κ1) is 29.9. The Labute approximate surface area is 220 Å². The van der Waals surface area contributed by atoms with E-state index in [0.29, 0.717) is 0 Å². The molecule has 0 fully saturated rings. The largest absolute Gasteiger partial charge is 0.461 e. The van der Waals surface area contributed by atoms with Crippen LogP contribution in [0.5, 0.6) is 0 Å². The molecule has 2 aromatic carbocycles. The molecule has 0 heterocycles. The molecule has 1 N–H and O–H groups in total. The van der Waals surface area contributed by atoms with Crippen molar-refractivity contribution in [1.29, 1.82) is 0 Å². The van der Waals surface area contributed by atoms with Gasteiger partial charge in [0.1, 0.15) is 24.4 Å². The number of carbonyl (C=O) groups excluding carboxylic acids is 3. The number of hydrogen-bond donors (Lipinski definition) is 1. The van der Waals surface area contributed by atoms with Crippen LogP contribution in [0.4, 0.5) is 4.79 Å². The van der Waals surface area contributed by atoms with Crippen LogP contribution in [0, 0.1) is 5.92 Å². The van der Waals surface area contributed by atoms with Crippen molar-refractivity contribution in [2.75, 3.05) is 0 Å². The number of rotatable bonds is 13. The predicted molar refractivity (Wildman–Crippen MR) is 143 cm³/mol. The molecule has 0 aromatic heterocycles. The van der Waals surface area contributed by atoms with Crippen LogP contribution in [0.3, 0.4) is 0 Å². The number of amides is 1. The van der Waals surface area contributed by atoms with Gasteiger partial charge < -0.3 is 19.5 Å². The van der Waals surface area contributed by atoms with Gasteiger partial charge in [-0.2, -0.15) is 0 Å². The lowest BCUT2D eigenvalue weighted by molar-refractivity contribution is -0.160. The number of carbonyl (C=O) groups is 3. The molecule has 7 nitrogen and oxygen atoms in total. The molecule has 0 radical (unpaired) electrons. The smallest absolute Gasteiger partial charge is 0.408 e. The van der Waals surface area contributed by atoms with Crippen LogP contribution in [0.1, 0.15) is 71.4 Å². The Bertz CT molecular complexity index is 971. The molecular formula is C30H41NO6. The van der Waals surface area contributed by atoms with Gasteiger partial charge >= 0.3 is 18.0 Å². The number of ether oxygens (including phenoxy) is 3. The van der Waals surface area contributed by atoms with Gasteiger partial charge in [0.25, 0.3) is 0 Å². The van der Waals surface area contributed by atoms with Crippen molar-refractivity contribution in [3.63, 3.8) is 0 Å². The summed E-state index contributed by atoms with van der Waals surface area (Å²) >= 11 is 0. The average Bonchev–Trinajstić information content (AvgIpc) is 2.85. The molecule has 0 spiro atoms. The summed E-state index contributed by atoms with van der Waals surface area (Å²) in [4.78, 5) is 38.5. The highest BCUT2D eigenvalue weighted by Gasteiger charge is 2.31. The molecule has 0 saturated heterocycles. The Balaban J connectivity index is 2.13. The highest BCUT2D eigenvalue weighted by molar-refractivity contribution is 5.82. The van der Waals surface area contributed by atoms with E-state index >= 15 is 0 Å². The zero-order chi connectivity index (χ0) is 27.3. The summed E-state index contributed by atoms with van der Waals surface area (Å²) in [6.45, 7) is 9.46. The fourth-order valence-electron chi connectivity index (χ4n) is 3.76. The molecule has 0 aliphatic heterocycles. The number of esters is 2. The third-order valence-electron chi connectivity index (χ3n) is 5.78. The van der Waals surface area contributed by atoms with Gasteiger partial charge in [0.2, 0.25) is 0 Å². The van der Waals surface area contributed by atoms with Crippen molar-refractivity contribution in [2.24, 2.45) is 5.92 Å². The quantitative estimate of drug-likeness (QED) is 0.262. The Kier molecular flexibility index (Phi) is 12.1. The lowest BCUT2D eigenvalue weighted by Gasteiger charge is -2.27. The minimum absolute atomic E-state index is 0.0616. The molecule has 3 atom stereocenters. The van der Waals surface area contributed by atoms with Gasteiger partial charge in [-0.15, -0.1) is 0 Å². The van der Waals surface area contributed by atoms with Crippen LogP contribution in [-0.4, -0.2) is 35.8 Å². The summed E-state index contributed by atoms with van der Waals surface area (Å²) in [6, 6.07) is 17.8. The molecule has 202 valence electrons. The molecule has 1 amide bonds. The first-order valence-corrected chi connectivity index (χ1v) is 13.0. The normalized spacial score (nSPS) is 13.6. The molecule has 2 rings (SSSR count). The zero-order valence-electron chi connectivity index (χ0n) is 22.7. The second-order valence-electron chi connectivity index (χ2n) is 10.3. The van der Waals surface area contributed by atoms with E-state index in [1.54, 1.807) is 20.8 Å². The van der Waals surface area contributed by atoms with Crippen LogP contribution in [0.2, 0.25) is 0 Å². The third kappa shape index (κ3) is 12.0. The molecule has 7 heteroatoms. The minimum atomic E-state index is -0.974. The molecule has 0 aliphatic carbocycles. The Morgan fingerprint density at radius 1 is 0.919 bits per heavy atom. The molecule has 0 aliphatic rings. The first-order valence-electron chi connectivity index (χ1n) is 13.0. The van der Waals surface area contributed by atoms with Gasteiger partial charge in [0, 0.05) is 6.42 Å². The maximum atomic E-state index is 13.4. The van der Waals surface area contributed by atoms with Gasteiger partial charge in [-0.05, 0) is 44.2 Å². The van der Waals surface area contributed by atoms with Crippen molar-refractivity contribution in [2.45, 2.75) is 91.1 Å². The highest BCUT2D eigenvalue weighted by atomic mass is 16.6. The van der Waals surface area contributed by atoms with Crippen molar-refractivity contribution < 1.29 is 28.6 Å². The number of alkyl carbamates (subject to hydrolysis) is 1. The lowest BCUT2D eigenvalue weighted by Crippen LogP contribution is -2.47. The topological polar surface area (TPSA) is 90.9 Å². The van der Waals surface area contributed by atoms with E-state index in [2.05, 4.69) is 12.2 Å². The summed E-state index contributed by atoms with van der Waals surface area (Å²) in [7, 11) is 0. The monoisotopic (exact) mass is 511 g/mol. The van der Waals surface area contributed by atoms with Gasteiger partial charge in [0.05, 0.1) is 6.42 Å². The first-order chi connectivity index (χ1) is 17.6. The summed E-state index contributed by atoms with van der Waals surface area (Å²) < 4.78 is 16.7. The van der Waals surface area contributed by atoms with Gasteiger partial charge in [-0.25, -0.2) is 9.59 Å². The Morgan fingerprint density at radius 2 is 1.51 bits per heavy atom. The van der Waals surface area contributed by atoms with Crippen molar-refractivity contribution in [1.82, 2.24) is 5.32 Å². The maximum absolute atomic E-state index is 13.4. The minimum Gasteiger partial charge on any atom is -0.461 e. The number of unbranched alkanes of at least 4 members (excludes halogenated alkanes) is 1. The molecular weight excluding hydrogens is 470 g/mol. The second kappa shape index (κ2) is 15.0. The molecule has 0 saturated carbocycles. The fraction of sp³-hybridized carbons (Fsp3) is 0.500. The zero-order valence-corrected chi connectivity index (χ0v) is 22.7. The number of benzene rings is 2. The number of nitrogens with one attached hydrogen (secondary N) is 1. The average molecular weight is 512 g/mol. The third-order valence-corrected chi connectivity index (χ3v) is 5.78. The van der Waals surface area contributed by atoms with E-state index in [1.165, 1.54) is 0 Å². The molecule has 37 heavy (non-hydrogen) atoms. The molecule has 2 aromatic rings. The molecule has 0 unspecified atom stereocenters. The van der Waals surface area contributed by atoms with E-state index in [1.807, 2.05) is 67.6 Å². The summed E-state index contributed by atoms with van der Waals surface area (Å²) in [5, 5.41) is 2.66. The van der Waals surface area contributed by atoms with Gasteiger partial charge in [-0.3, -0.25) is 4.79 Å². The van der Waals surface area contributed by atoms with Crippen LogP contribution < -0.4 is 5.32 Å². The van der Waals surface area contributed by atoms with Crippen molar-refractivity contribution in [3.8, 4) is 0 Å². The standard InChI is InChI=1S/C30H41NO6/c1-6-7-14-22(2)26(20-27(32)35-21-24-17-12-9-13-18-24)36-28(33)25(19-23-15-10-8-11-16-23)31-29(34)37-30(3,4)5/h8-13,15-18,22,25-26H,6-7,14,19-21H2,1-5H3,(H,31,34)/t22-,25+,26-/m0/s1. The highest BCUT2D eigenvalue weighted by Crippen LogP contribution is 2.21. The summed E-state index contributed by atoms with van der Waals surface area (Å²) in [5.74, 6) is -1.12. The van der Waals surface area contributed by atoms with Crippen molar-refractivity contribution in [3.05, 3.63) is 71.8 Å². The van der Waals surface area contributed by atoms with E-state index < -0.39 is 35.8 Å². The van der Waals surface area contributed by atoms with Crippen molar-refractivity contribution >= 4 is 18.0 Å². The van der Waals surface area contributed by atoms with Gasteiger partial charge in [-0.1, -0.05) is 87.4 Å². The SMILES string of the molecule is CCCC[C@H](C)[C@H](CC(=O)OCc1ccccc1)OC(=O)[C@@H](Cc1ccccc1)NC(=O)OC(C)(C)C. The van der Waals surface area contributed by atoms with E-state index in [-0.39, 0.29) is 25.4 Å². The van der Waals surface area contributed by atoms with Crippen LogP contribution in [0.15, 0.2) is 60.7 Å². The molecule has 0 bridgehead atoms. The summed E-state index contributed by atoms with van der Waals surface area (Å²) in [6.07, 6.45) is 1.51. The van der Waals surface area contributed by atoms with Crippen LogP contribution in [0.25, 0.3) is 0 Å².